The van der Waals surface area contributed by atoms with Crippen molar-refractivity contribution in [1.29, 1.82) is 0 Å². The number of hydrogen-bond donors (Lipinski definition) is 3. The summed E-state index contributed by atoms with van der Waals surface area (Å²) in [6.45, 7) is 16.1. The van der Waals surface area contributed by atoms with Crippen LogP contribution in [0.3, 0.4) is 0 Å². The van der Waals surface area contributed by atoms with Crippen LogP contribution in [0, 0.1) is 13.8 Å². The van der Waals surface area contributed by atoms with Crippen LogP contribution in [0.4, 0.5) is 0 Å². The van der Waals surface area contributed by atoms with Crippen molar-refractivity contribution < 1.29 is 39.1 Å². The van der Waals surface area contributed by atoms with E-state index in [0.717, 1.165) is 22.3 Å². The molecule has 0 amide bonds. The van der Waals surface area contributed by atoms with Crippen molar-refractivity contribution in [3.05, 3.63) is 69.8 Å². The molecule has 41 heavy (non-hydrogen) atoms. The van der Waals surface area contributed by atoms with Crippen molar-refractivity contribution in [2.24, 2.45) is 0 Å². The molecular formula is C32H49BrO8. The number of aliphatic hydroxyl groups is 3. The predicted octanol–water partition coefficient (Wildman–Crippen LogP) is 6.06. The van der Waals surface area contributed by atoms with Crippen molar-refractivity contribution in [2.75, 3.05) is 26.4 Å². The van der Waals surface area contributed by atoms with E-state index in [1.165, 1.54) is 0 Å². The van der Waals surface area contributed by atoms with E-state index in [4.69, 9.17) is 29.5 Å². The predicted molar refractivity (Wildman–Crippen MR) is 165 cm³/mol. The number of hydrogen-bond acceptors (Lipinski definition) is 8. The number of aliphatic hydroxyl groups excluding tert-OH is 3. The SMILES string of the molecule is Cc1cccc(CBr)c1C(=O)OC(C)(C)C.Cc1cccc(COCCCO)c1C(=O)OC(C)(C)C.OCCCO. The molecule has 0 saturated heterocycles. The molecule has 2 aromatic carbocycles. The van der Waals surface area contributed by atoms with Crippen LogP contribution in [0.1, 0.15) is 97.4 Å². The summed E-state index contributed by atoms with van der Waals surface area (Å²) in [7, 11) is 0. The molecule has 0 fully saturated rings. The molecule has 9 heteroatoms. The van der Waals surface area contributed by atoms with Crippen LogP contribution in [0.15, 0.2) is 36.4 Å². The molecule has 3 N–H and O–H groups in total. The van der Waals surface area contributed by atoms with E-state index in [1.807, 2.05) is 91.8 Å². The van der Waals surface area contributed by atoms with Gasteiger partial charge in [0.05, 0.1) is 17.7 Å². The Balaban J connectivity index is 0.000000681. The van der Waals surface area contributed by atoms with Crippen molar-refractivity contribution in [3.8, 4) is 0 Å². The standard InChI is InChI=1S/C16H24O4.C13H17BrO2.C3H8O2/c1-12-7-5-8-13(11-19-10-6-9-17)14(12)15(18)20-16(2,3)4;1-9-6-5-7-10(8-14)11(9)12(15)16-13(2,3)4;4-2-1-3-5/h5,7-8,17H,6,9-11H2,1-4H3;5-7H,8H2,1-4H3;4-5H,1-3H2. The van der Waals surface area contributed by atoms with Gasteiger partial charge in [0.25, 0.3) is 0 Å². The third-order valence-electron chi connectivity index (χ3n) is 5.09. The molecule has 0 heterocycles. The van der Waals surface area contributed by atoms with Crippen LogP contribution < -0.4 is 0 Å². The molecule has 0 radical (unpaired) electrons. The number of ether oxygens (including phenoxy) is 3. The Morgan fingerprint density at radius 2 is 1.12 bits per heavy atom. The van der Waals surface area contributed by atoms with Gasteiger partial charge >= 0.3 is 11.9 Å². The van der Waals surface area contributed by atoms with Crippen LogP contribution in [-0.2, 0) is 26.1 Å². The molecule has 8 nitrogen and oxygen atoms in total. The Morgan fingerprint density at radius 1 is 0.707 bits per heavy atom. The molecule has 0 aliphatic rings. The number of halogens is 1. The quantitative estimate of drug-likeness (QED) is 0.163. The van der Waals surface area contributed by atoms with Crippen molar-refractivity contribution in [2.45, 2.75) is 91.4 Å². The van der Waals surface area contributed by atoms with E-state index in [2.05, 4.69) is 15.9 Å². The molecule has 232 valence electrons. The van der Waals surface area contributed by atoms with E-state index in [9.17, 15) is 9.59 Å². The average molecular weight is 642 g/mol. The lowest BCUT2D eigenvalue weighted by Crippen LogP contribution is -2.25. The zero-order valence-electron chi connectivity index (χ0n) is 25.9. The van der Waals surface area contributed by atoms with Crippen LogP contribution in [-0.4, -0.2) is 64.9 Å². The van der Waals surface area contributed by atoms with Crippen LogP contribution in [0.2, 0.25) is 0 Å². The Bertz CT molecular complexity index is 1050. The van der Waals surface area contributed by atoms with Crippen molar-refractivity contribution in [1.82, 2.24) is 0 Å². The van der Waals surface area contributed by atoms with Gasteiger partial charge in [-0.25, -0.2) is 9.59 Å². The molecule has 2 aromatic rings. The summed E-state index contributed by atoms with van der Waals surface area (Å²) in [5.41, 5.74) is 3.89. The second-order valence-corrected chi connectivity index (χ2v) is 11.8. The molecule has 0 spiro atoms. The maximum Gasteiger partial charge on any atom is 0.339 e. The van der Waals surface area contributed by atoms with E-state index in [-0.39, 0.29) is 31.8 Å². The minimum absolute atomic E-state index is 0.0938. The monoisotopic (exact) mass is 640 g/mol. The minimum atomic E-state index is -0.519. The second-order valence-electron chi connectivity index (χ2n) is 11.3. The normalized spacial score (nSPS) is 11.0. The van der Waals surface area contributed by atoms with E-state index in [0.29, 0.717) is 42.5 Å². The van der Waals surface area contributed by atoms with Gasteiger partial charge in [-0.15, -0.1) is 0 Å². The van der Waals surface area contributed by atoms with Gasteiger partial charge in [0, 0.05) is 31.8 Å². The summed E-state index contributed by atoms with van der Waals surface area (Å²) < 4.78 is 16.3. The van der Waals surface area contributed by atoms with Gasteiger partial charge < -0.3 is 29.5 Å². The summed E-state index contributed by atoms with van der Waals surface area (Å²) in [5, 5.41) is 25.2. The fourth-order valence-electron chi connectivity index (χ4n) is 3.35. The van der Waals surface area contributed by atoms with E-state index < -0.39 is 11.2 Å². The molecule has 0 saturated carbocycles. The summed E-state index contributed by atoms with van der Waals surface area (Å²) >= 11 is 3.38. The second kappa shape index (κ2) is 19.8. The topological polar surface area (TPSA) is 123 Å². The maximum absolute atomic E-state index is 12.3. The first kappa shape index (κ1) is 38.7. The lowest BCUT2D eigenvalue weighted by Gasteiger charge is -2.21. The van der Waals surface area contributed by atoms with Gasteiger partial charge in [0.2, 0.25) is 0 Å². The Morgan fingerprint density at radius 3 is 1.49 bits per heavy atom. The van der Waals surface area contributed by atoms with E-state index >= 15 is 0 Å². The molecule has 0 aromatic heterocycles. The number of benzene rings is 2. The van der Waals surface area contributed by atoms with Crippen molar-refractivity contribution in [3.63, 3.8) is 0 Å². The van der Waals surface area contributed by atoms with Crippen LogP contribution in [0.5, 0.6) is 0 Å². The maximum atomic E-state index is 12.3. The molecule has 0 atom stereocenters. The third kappa shape index (κ3) is 16.7. The first-order valence-corrected chi connectivity index (χ1v) is 14.8. The zero-order chi connectivity index (χ0) is 31.6. The van der Waals surface area contributed by atoms with Gasteiger partial charge in [-0.1, -0.05) is 52.3 Å². The number of carbonyl (C=O) groups is 2. The van der Waals surface area contributed by atoms with Crippen molar-refractivity contribution >= 4 is 27.9 Å². The fourth-order valence-corrected chi connectivity index (χ4v) is 3.82. The molecule has 0 aliphatic heterocycles. The lowest BCUT2D eigenvalue weighted by atomic mass is 10.0. The lowest BCUT2D eigenvalue weighted by molar-refractivity contribution is 0.00529. The highest BCUT2D eigenvalue weighted by Gasteiger charge is 2.22. The van der Waals surface area contributed by atoms with Gasteiger partial charge in [-0.05, 0) is 90.5 Å². The Labute approximate surface area is 254 Å². The molecular weight excluding hydrogens is 592 g/mol. The van der Waals surface area contributed by atoms with E-state index in [1.54, 1.807) is 0 Å². The van der Waals surface area contributed by atoms with Crippen LogP contribution in [0.25, 0.3) is 0 Å². The van der Waals surface area contributed by atoms with Gasteiger partial charge in [0.1, 0.15) is 11.2 Å². The van der Waals surface area contributed by atoms with Gasteiger partial charge in [-0.3, -0.25) is 0 Å². The Kier molecular flexibility index (Phi) is 18.6. The molecule has 0 aliphatic carbocycles. The summed E-state index contributed by atoms with van der Waals surface area (Å²) in [5.74, 6) is -0.573. The largest absolute Gasteiger partial charge is 0.456 e. The zero-order valence-corrected chi connectivity index (χ0v) is 27.5. The first-order chi connectivity index (χ1) is 19.1. The molecule has 0 bridgehead atoms. The minimum Gasteiger partial charge on any atom is -0.456 e. The number of rotatable bonds is 10. The highest BCUT2D eigenvalue weighted by molar-refractivity contribution is 9.08. The highest BCUT2D eigenvalue weighted by Crippen LogP contribution is 2.21. The summed E-state index contributed by atoms with van der Waals surface area (Å²) in [6.07, 6.45) is 1.09. The number of esters is 2. The Hall–Kier alpha value is -2.30. The summed E-state index contributed by atoms with van der Waals surface area (Å²) in [4.78, 5) is 24.3. The number of aryl methyl sites for hydroxylation is 2. The highest BCUT2D eigenvalue weighted by atomic mass is 79.9. The number of carbonyl (C=O) groups excluding carboxylic acids is 2. The first-order valence-electron chi connectivity index (χ1n) is 13.7. The smallest absolute Gasteiger partial charge is 0.339 e. The van der Waals surface area contributed by atoms with Gasteiger partial charge in [-0.2, -0.15) is 0 Å². The average Bonchev–Trinajstić information content (AvgIpc) is 2.85. The molecule has 0 unspecified atom stereocenters. The molecule has 2 rings (SSSR count). The van der Waals surface area contributed by atoms with Crippen LogP contribution >= 0.6 is 15.9 Å². The third-order valence-corrected chi connectivity index (χ3v) is 5.69. The van der Waals surface area contributed by atoms with Gasteiger partial charge in [0.15, 0.2) is 0 Å². The summed E-state index contributed by atoms with van der Waals surface area (Å²) in [6, 6.07) is 11.4. The fraction of sp³-hybridized carbons (Fsp3) is 0.562. The number of alkyl halides is 1.